The quantitative estimate of drug-likeness (QED) is 0.758. The number of carbonyl (C=O) groups is 2. The summed E-state index contributed by atoms with van der Waals surface area (Å²) < 4.78 is 7.07. The van der Waals surface area contributed by atoms with Gasteiger partial charge >= 0.3 is 0 Å². The summed E-state index contributed by atoms with van der Waals surface area (Å²) in [6.45, 7) is 1.96. The second kappa shape index (κ2) is 8.88. The standard InChI is InChI=1S/C20H27N5O3/c1-24(2)12-10-21-19(26)17-16-9-4-5-11-25(16)18(23-17)20(27)22-14-7-6-8-15(13-14)28-3/h6-8,13H,4-5,9-12H2,1-3H3,(H,21,26)(H,22,27). The van der Waals surface area contributed by atoms with Crippen LogP contribution in [-0.4, -0.2) is 60.6 Å². The number of carbonyl (C=O) groups excluding carboxylic acids is 2. The summed E-state index contributed by atoms with van der Waals surface area (Å²) in [4.78, 5) is 31.9. The van der Waals surface area contributed by atoms with Crippen molar-refractivity contribution in [2.24, 2.45) is 0 Å². The number of anilines is 1. The fraction of sp³-hybridized carbons (Fsp3) is 0.450. The average Bonchev–Trinajstić information content (AvgIpc) is 3.08. The lowest BCUT2D eigenvalue weighted by Crippen LogP contribution is -2.32. The number of hydrogen-bond acceptors (Lipinski definition) is 5. The number of nitrogens with zero attached hydrogens (tertiary/aromatic N) is 3. The molecule has 150 valence electrons. The monoisotopic (exact) mass is 385 g/mol. The van der Waals surface area contributed by atoms with Crippen molar-refractivity contribution in [1.82, 2.24) is 19.8 Å². The first-order valence-corrected chi connectivity index (χ1v) is 9.47. The molecule has 28 heavy (non-hydrogen) atoms. The molecule has 1 aliphatic heterocycles. The smallest absolute Gasteiger partial charge is 0.291 e. The van der Waals surface area contributed by atoms with E-state index in [1.54, 1.807) is 25.3 Å². The lowest BCUT2D eigenvalue weighted by molar-refractivity contribution is 0.0945. The van der Waals surface area contributed by atoms with Crippen LogP contribution in [0.2, 0.25) is 0 Å². The van der Waals surface area contributed by atoms with Crippen LogP contribution in [0.15, 0.2) is 24.3 Å². The van der Waals surface area contributed by atoms with Gasteiger partial charge in [-0.2, -0.15) is 0 Å². The zero-order valence-corrected chi connectivity index (χ0v) is 16.6. The van der Waals surface area contributed by atoms with Crippen molar-refractivity contribution < 1.29 is 14.3 Å². The van der Waals surface area contributed by atoms with Gasteiger partial charge in [-0.25, -0.2) is 4.98 Å². The molecule has 2 heterocycles. The van der Waals surface area contributed by atoms with Gasteiger partial charge in [0.1, 0.15) is 11.4 Å². The Kier molecular flexibility index (Phi) is 6.30. The molecule has 3 rings (SSSR count). The summed E-state index contributed by atoms with van der Waals surface area (Å²) in [5.41, 5.74) is 1.81. The van der Waals surface area contributed by atoms with Crippen LogP contribution in [0.4, 0.5) is 5.69 Å². The zero-order valence-electron chi connectivity index (χ0n) is 16.6. The molecule has 8 nitrogen and oxygen atoms in total. The van der Waals surface area contributed by atoms with Gasteiger partial charge in [0.15, 0.2) is 5.82 Å². The number of methoxy groups -OCH3 is 1. The molecule has 0 fully saturated rings. The first kappa shape index (κ1) is 19.9. The molecule has 0 bridgehead atoms. The number of likely N-dealkylation sites (N-methyl/N-ethyl adjacent to an activating group) is 1. The van der Waals surface area contributed by atoms with E-state index in [9.17, 15) is 9.59 Å². The van der Waals surface area contributed by atoms with Gasteiger partial charge in [0.25, 0.3) is 11.8 Å². The van der Waals surface area contributed by atoms with Crippen LogP contribution in [0.1, 0.15) is 39.6 Å². The highest BCUT2D eigenvalue weighted by molar-refractivity contribution is 6.03. The summed E-state index contributed by atoms with van der Waals surface area (Å²) in [5, 5.41) is 5.75. The predicted molar refractivity (Wildman–Crippen MR) is 107 cm³/mol. The number of imidazole rings is 1. The Bertz CT molecular complexity index is 860. The van der Waals surface area contributed by atoms with E-state index in [-0.39, 0.29) is 17.6 Å². The molecule has 0 unspecified atom stereocenters. The Balaban J connectivity index is 1.81. The van der Waals surface area contributed by atoms with Gasteiger partial charge in [-0.05, 0) is 45.5 Å². The minimum Gasteiger partial charge on any atom is -0.497 e. The number of amides is 2. The molecule has 1 aromatic heterocycles. The largest absolute Gasteiger partial charge is 0.497 e. The maximum atomic E-state index is 12.9. The van der Waals surface area contributed by atoms with Gasteiger partial charge in [0, 0.05) is 31.4 Å². The van der Waals surface area contributed by atoms with Gasteiger partial charge in [-0.1, -0.05) is 6.07 Å². The fourth-order valence-electron chi connectivity index (χ4n) is 3.26. The van der Waals surface area contributed by atoms with Crippen LogP contribution in [0, 0.1) is 0 Å². The highest BCUT2D eigenvalue weighted by atomic mass is 16.5. The number of aromatic nitrogens is 2. The van der Waals surface area contributed by atoms with E-state index < -0.39 is 0 Å². The Morgan fingerprint density at radius 2 is 2.07 bits per heavy atom. The molecule has 0 spiro atoms. The van der Waals surface area contributed by atoms with E-state index in [0.29, 0.717) is 30.2 Å². The van der Waals surface area contributed by atoms with Gasteiger partial charge in [-0.15, -0.1) is 0 Å². The lowest BCUT2D eigenvalue weighted by Gasteiger charge is -2.17. The number of benzene rings is 1. The molecule has 8 heteroatoms. The Hall–Kier alpha value is -2.87. The van der Waals surface area contributed by atoms with Crippen LogP contribution in [-0.2, 0) is 13.0 Å². The Morgan fingerprint density at radius 3 is 2.82 bits per heavy atom. The first-order chi connectivity index (χ1) is 13.5. The summed E-state index contributed by atoms with van der Waals surface area (Å²) in [5.74, 6) is 0.371. The van der Waals surface area contributed by atoms with Gasteiger partial charge in [0.2, 0.25) is 0 Å². The molecule has 0 saturated heterocycles. The third-order valence-electron chi connectivity index (χ3n) is 4.71. The molecule has 0 atom stereocenters. The van der Waals surface area contributed by atoms with Crippen molar-refractivity contribution >= 4 is 17.5 Å². The first-order valence-electron chi connectivity index (χ1n) is 9.47. The molecule has 0 saturated carbocycles. The topological polar surface area (TPSA) is 88.5 Å². The maximum absolute atomic E-state index is 12.9. The van der Waals surface area contributed by atoms with E-state index in [0.717, 1.165) is 31.5 Å². The van der Waals surface area contributed by atoms with Crippen LogP contribution in [0.3, 0.4) is 0 Å². The van der Waals surface area contributed by atoms with Crippen molar-refractivity contribution in [3.05, 3.63) is 41.5 Å². The zero-order chi connectivity index (χ0) is 20.1. The summed E-state index contributed by atoms with van der Waals surface area (Å²) in [7, 11) is 5.48. The molecule has 1 aliphatic rings. The predicted octanol–water partition coefficient (Wildman–Crippen LogP) is 1.77. The highest BCUT2D eigenvalue weighted by Crippen LogP contribution is 2.23. The Morgan fingerprint density at radius 1 is 1.25 bits per heavy atom. The van der Waals surface area contributed by atoms with Gasteiger partial charge < -0.3 is 24.8 Å². The number of ether oxygens (including phenoxy) is 1. The summed E-state index contributed by atoms with van der Waals surface area (Å²) in [6, 6.07) is 7.14. The minimum atomic E-state index is -0.330. The number of hydrogen-bond donors (Lipinski definition) is 2. The van der Waals surface area contributed by atoms with Crippen molar-refractivity contribution in [3.63, 3.8) is 0 Å². The van der Waals surface area contributed by atoms with Gasteiger partial charge in [0.05, 0.1) is 12.8 Å². The molecular weight excluding hydrogens is 358 g/mol. The molecular formula is C20H27N5O3. The van der Waals surface area contributed by atoms with Crippen LogP contribution >= 0.6 is 0 Å². The third-order valence-corrected chi connectivity index (χ3v) is 4.71. The van der Waals surface area contributed by atoms with E-state index in [2.05, 4.69) is 15.6 Å². The van der Waals surface area contributed by atoms with Crippen molar-refractivity contribution in [1.29, 1.82) is 0 Å². The molecule has 2 amide bonds. The third kappa shape index (κ3) is 4.51. The summed E-state index contributed by atoms with van der Waals surface area (Å²) >= 11 is 0. The normalized spacial score (nSPS) is 13.1. The SMILES string of the molecule is COc1cccc(NC(=O)c2nc(C(=O)NCCN(C)C)c3n2CCCC3)c1. The van der Waals surface area contributed by atoms with Gasteiger partial charge in [-0.3, -0.25) is 9.59 Å². The molecule has 0 aliphatic carbocycles. The maximum Gasteiger partial charge on any atom is 0.291 e. The van der Waals surface area contributed by atoms with Crippen LogP contribution in [0.5, 0.6) is 5.75 Å². The average molecular weight is 385 g/mol. The van der Waals surface area contributed by atoms with Crippen molar-refractivity contribution in [2.45, 2.75) is 25.8 Å². The second-order valence-corrected chi connectivity index (χ2v) is 7.08. The molecule has 2 aromatic rings. The number of rotatable bonds is 7. The molecule has 1 aromatic carbocycles. The molecule has 0 radical (unpaired) electrons. The van der Waals surface area contributed by atoms with E-state index >= 15 is 0 Å². The van der Waals surface area contributed by atoms with Crippen molar-refractivity contribution in [3.8, 4) is 5.75 Å². The highest BCUT2D eigenvalue weighted by Gasteiger charge is 2.27. The fourth-order valence-corrected chi connectivity index (χ4v) is 3.26. The molecule has 2 N–H and O–H groups in total. The number of fused-ring (bicyclic) bond motifs is 1. The Labute approximate surface area is 164 Å². The van der Waals surface area contributed by atoms with Crippen molar-refractivity contribution in [2.75, 3.05) is 39.6 Å². The van der Waals surface area contributed by atoms with E-state index in [4.69, 9.17) is 4.74 Å². The minimum absolute atomic E-state index is 0.229. The van der Waals surface area contributed by atoms with E-state index in [1.807, 2.05) is 29.6 Å². The lowest BCUT2D eigenvalue weighted by atomic mass is 10.1. The second-order valence-electron chi connectivity index (χ2n) is 7.08. The number of nitrogens with one attached hydrogen (secondary N) is 2. The van der Waals surface area contributed by atoms with Crippen LogP contribution in [0.25, 0.3) is 0 Å². The summed E-state index contributed by atoms with van der Waals surface area (Å²) in [6.07, 6.45) is 2.70. The van der Waals surface area contributed by atoms with E-state index in [1.165, 1.54) is 0 Å². The van der Waals surface area contributed by atoms with Crippen LogP contribution < -0.4 is 15.4 Å².